The summed E-state index contributed by atoms with van der Waals surface area (Å²) in [6, 6.07) is 14.5. The summed E-state index contributed by atoms with van der Waals surface area (Å²) in [6.07, 6.45) is 0. The van der Waals surface area contributed by atoms with Crippen molar-refractivity contribution in [2.45, 2.75) is 19.0 Å². The van der Waals surface area contributed by atoms with Gasteiger partial charge in [-0.1, -0.05) is 41.6 Å². The van der Waals surface area contributed by atoms with Crippen molar-refractivity contribution in [1.82, 2.24) is 19.6 Å². The molecule has 2 N–H and O–H groups in total. The standard InChI is InChI=1S/C21H18ClN5O2S/c1-12-7-13(2)9-14(8-12)23-19(29)11-30-21-25-20(15-5-3-4-6-16(15)22)24-17-10-18(28)26-27(17)21/h3-10H,11H2,1-2H3,(H,23,29)(H,26,28). The van der Waals surface area contributed by atoms with Gasteiger partial charge in [-0.05, 0) is 49.2 Å². The number of thioether (sulfide) groups is 1. The summed E-state index contributed by atoms with van der Waals surface area (Å²) in [5, 5.41) is 6.50. The Labute approximate surface area is 181 Å². The minimum absolute atomic E-state index is 0.112. The van der Waals surface area contributed by atoms with E-state index >= 15 is 0 Å². The minimum Gasteiger partial charge on any atom is -0.325 e. The van der Waals surface area contributed by atoms with Crippen LogP contribution in [0.15, 0.2) is 58.5 Å². The quantitative estimate of drug-likeness (QED) is 0.457. The molecule has 0 fully saturated rings. The monoisotopic (exact) mass is 439 g/mol. The molecule has 0 aliphatic carbocycles. The van der Waals surface area contributed by atoms with Crippen molar-refractivity contribution >= 4 is 40.6 Å². The number of nitrogens with zero attached hydrogens (tertiary/aromatic N) is 3. The third-order valence-corrected chi connectivity index (χ3v) is 5.55. The van der Waals surface area contributed by atoms with E-state index in [1.807, 2.05) is 44.2 Å². The highest BCUT2D eigenvalue weighted by Crippen LogP contribution is 2.27. The maximum absolute atomic E-state index is 12.5. The van der Waals surface area contributed by atoms with Gasteiger partial charge in [0, 0.05) is 17.3 Å². The van der Waals surface area contributed by atoms with Gasteiger partial charge in [0.05, 0.1) is 10.8 Å². The molecule has 0 aliphatic heterocycles. The largest absolute Gasteiger partial charge is 0.325 e. The average molecular weight is 440 g/mol. The number of rotatable bonds is 5. The number of halogens is 1. The van der Waals surface area contributed by atoms with Crippen LogP contribution in [0.3, 0.4) is 0 Å². The summed E-state index contributed by atoms with van der Waals surface area (Å²) in [7, 11) is 0. The number of benzene rings is 2. The molecule has 7 nitrogen and oxygen atoms in total. The number of carbonyl (C=O) groups is 1. The maximum Gasteiger partial charge on any atom is 0.266 e. The Morgan fingerprint density at radius 3 is 2.60 bits per heavy atom. The van der Waals surface area contributed by atoms with Gasteiger partial charge in [-0.15, -0.1) is 0 Å². The van der Waals surface area contributed by atoms with Crippen LogP contribution in [-0.4, -0.2) is 31.2 Å². The van der Waals surface area contributed by atoms with Crippen LogP contribution in [0, 0.1) is 13.8 Å². The van der Waals surface area contributed by atoms with E-state index in [9.17, 15) is 9.59 Å². The van der Waals surface area contributed by atoms with Crippen LogP contribution in [0.4, 0.5) is 5.69 Å². The molecule has 0 bridgehead atoms. The molecule has 0 saturated heterocycles. The lowest BCUT2D eigenvalue weighted by atomic mass is 10.1. The molecular formula is C21H18ClN5O2S. The molecule has 2 heterocycles. The number of hydrogen-bond donors (Lipinski definition) is 2. The molecule has 4 rings (SSSR count). The van der Waals surface area contributed by atoms with Gasteiger partial charge in [-0.25, -0.2) is 14.5 Å². The molecule has 0 spiro atoms. The van der Waals surface area contributed by atoms with Crippen molar-refractivity contribution in [1.29, 1.82) is 0 Å². The summed E-state index contributed by atoms with van der Waals surface area (Å²) in [5.74, 6) is 0.323. The summed E-state index contributed by atoms with van der Waals surface area (Å²) in [4.78, 5) is 33.3. The first-order chi connectivity index (χ1) is 14.4. The van der Waals surface area contributed by atoms with Crippen LogP contribution in [0.25, 0.3) is 17.0 Å². The molecular weight excluding hydrogens is 422 g/mol. The number of fused-ring (bicyclic) bond motifs is 1. The van der Waals surface area contributed by atoms with Crippen LogP contribution in [0.5, 0.6) is 0 Å². The molecule has 2 aromatic heterocycles. The van der Waals surface area contributed by atoms with Gasteiger partial charge in [0.25, 0.3) is 5.56 Å². The SMILES string of the molecule is Cc1cc(C)cc(NC(=O)CSc2nc(-c3ccccc3Cl)nc3cc(=O)[nH]n23)c1. The first-order valence-corrected chi connectivity index (χ1v) is 10.5. The van der Waals surface area contributed by atoms with Gasteiger partial charge in [0.15, 0.2) is 16.6 Å². The predicted molar refractivity (Wildman–Crippen MR) is 119 cm³/mol. The lowest BCUT2D eigenvalue weighted by Crippen LogP contribution is -2.15. The lowest BCUT2D eigenvalue weighted by molar-refractivity contribution is -0.113. The van der Waals surface area contributed by atoms with Gasteiger partial charge < -0.3 is 5.32 Å². The van der Waals surface area contributed by atoms with E-state index in [0.717, 1.165) is 16.8 Å². The van der Waals surface area contributed by atoms with E-state index in [0.29, 0.717) is 27.2 Å². The number of aryl methyl sites for hydroxylation is 2. The van der Waals surface area contributed by atoms with Crippen molar-refractivity contribution in [2.75, 3.05) is 11.1 Å². The second kappa shape index (κ2) is 8.33. The highest BCUT2D eigenvalue weighted by Gasteiger charge is 2.15. The fraction of sp³-hybridized carbons (Fsp3) is 0.143. The van der Waals surface area contributed by atoms with E-state index in [2.05, 4.69) is 20.4 Å². The smallest absolute Gasteiger partial charge is 0.266 e. The molecule has 2 aromatic carbocycles. The molecule has 0 unspecified atom stereocenters. The summed E-state index contributed by atoms with van der Waals surface area (Å²) in [5.41, 5.74) is 3.65. The van der Waals surface area contributed by atoms with Crippen molar-refractivity contribution in [3.05, 3.63) is 75.0 Å². The number of anilines is 1. The van der Waals surface area contributed by atoms with Crippen molar-refractivity contribution in [2.24, 2.45) is 0 Å². The predicted octanol–water partition coefficient (Wildman–Crippen LogP) is 4.09. The number of aromatic amines is 1. The molecule has 9 heteroatoms. The van der Waals surface area contributed by atoms with Gasteiger partial charge in [-0.3, -0.25) is 14.7 Å². The summed E-state index contributed by atoms with van der Waals surface area (Å²) < 4.78 is 1.47. The van der Waals surface area contributed by atoms with Crippen LogP contribution < -0.4 is 10.9 Å². The maximum atomic E-state index is 12.5. The van der Waals surface area contributed by atoms with Crippen LogP contribution in [-0.2, 0) is 4.79 Å². The fourth-order valence-electron chi connectivity index (χ4n) is 3.12. The topological polar surface area (TPSA) is 92.2 Å². The van der Waals surface area contributed by atoms with Crippen molar-refractivity contribution in [3.8, 4) is 11.4 Å². The lowest BCUT2D eigenvalue weighted by Gasteiger charge is -2.09. The highest BCUT2D eigenvalue weighted by molar-refractivity contribution is 7.99. The number of hydrogen-bond acceptors (Lipinski definition) is 5. The van der Waals surface area contributed by atoms with E-state index in [1.165, 1.54) is 22.3 Å². The zero-order chi connectivity index (χ0) is 21.3. The van der Waals surface area contributed by atoms with Crippen molar-refractivity contribution in [3.63, 3.8) is 0 Å². The van der Waals surface area contributed by atoms with Gasteiger partial charge in [-0.2, -0.15) is 0 Å². The van der Waals surface area contributed by atoms with E-state index in [1.54, 1.807) is 12.1 Å². The Morgan fingerprint density at radius 1 is 1.13 bits per heavy atom. The van der Waals surface area contributed by atoms with Gasteiger partial charge in [0.1, 0.15) is 0 Å². The zero-order valence-corrected chi connectivity index (χ0v) is 17.8. The Morgan fingerprint density at radius 2 is 1.87 bits per heavy atom. The zero-order valence-electron chi connectivity index (χ0n) is 16.3. The Balaban J connectivity index is 1.61. The molecule has 30 heavy (non-hydrogen) atoms. The molecule has 152 valence electrons. The van der Waals surface area contributed by atoms with Crippen molar-refractivity contribution < 1.29 is 4.79 Å². The summed E-state index contributed by atoms with van der Waals surface area (Å²) in [6.45, 7) is 3.96. The second-order valence-electron chi connectivity index (χ2n) is 6.84. The molecule has 0 radical (unpaired) electrons. The minimum atomic E-state index is -0.304. The second-order valence-corrected chi connectivity index (χ2v) is 8.19. The molecule has 0 atom stereocenters. The number of aromatic nitrogens is 4. The molecule has 0 saturated carbocycles. The Bertz CT molecular complexity index is 1290. The van der Waals surface area contributed by atoms with Crippen LogP contribution in [0.2, 0.25) is 5.02 Å². The molecule has 4 aromatic rings. The van der Waals surface area contributed by atoms with E-state index in [4.69, 9.17) is 11.6 Å². The van der Waals surface area contributed by atoms with E-state index < -0.39 is 0 Å². The van der Waals surface area contributed by atoms with Crippen LogP contribution >= 0.6 is 23.4 Å². The average Bonchev–Trinajstić information content (AvgIpc) is 3.05. The Kier molecular flexibility index (Phi) is 5.61. The third kappa shape index (κ3) is 4.39. The first-order valence-electron chi connectivity index (χ1n) is 9.15. The fourth-order valence-corrected chi connectivity index (χ4v) is 4.09. The molecule has 0 aliphatic rings. The number of H-pyrrole nitrogens is 1. The Hall–Kier alpha value is -3.10. The molecule has 1 amide bonds. The van der Waals surface area contributed by atoms with Crippen LogP contribution in [0.1, 0.15) is 11.1 Å². The number of nitrogens with one attached hydrogen (secondary N) is 2. The highest BCUT2D eigenvalue weighted by atomic mass is 35.5. The number of amides is 1. The summed E-state index contributed by atoms with van der Waals surface area (Å²) >= 11 is 7.48. The van der Waals surface area contributed by atoms with E-state index in [-0.39, 0.29) is 17.2 Å². The van der Waals surface area contributed by atoms with Gasteiger partial charge in [0.2, 0.25) is 5.91 Å². The van der Waals surface area contributed by atoms with Gasteiger partial charge >= 0.3 is 0 Å². The number of carbonyl (C=O) groups excluding carboxylic acids is 1. The first kappa shape index (κ1) is 20.2. The third-order valence-electron chi connectivity index (χ3n) is 4.28. The normalized spacial score (nSPS) is 11.0.